The quantitative estimate of drug-likeness (QED) is 0.586. The number of nitrogens with zero attached hydrogens (tertiary/aromatic N) is 2. The summed E-state index contributed by atoms with van der Waals surface area (Å²) < 4.78 is 5.73. The zero-order valence-electron chi connectivity index (χ0n) is 13.1. The van der Waals surface area contributed by atoms with Crippen LogP contribution in [-0.2, 0) is 0 Å². The Bertz CT molecular complexity index is 459. The van der Waals surface area contributed by atoms with E-state index in [9.17, 15) is 0 Å². The van der Waals surface area contributed by atoms with Crippen LogP contribution in [-0.4, -0.2) is 31.1 Å². The predicted octanol–water partition coefficient (Wildman–Crippen LogP) is 3.98. The van der Waals surface area contributed by atoms with Gasteiger partial charge in [0.05, 0.1) is 18.2 Å². The van der Waals surface area contributed by atoms with Crippen molar-refractivity contribution in [3.05, 3.63) is 29.8 Å². The van der Waals surface area contributed by atoms with Gasteiger partial charge in [0.2, 0.25) is 0 Å². The molecule has 0 heterocycles. The topological polar surface area (TPSA) is 36.3 Å². The predicted molar refractivity (Wildman–Crippen MR) is 85.4 cm³/mol. The highest BCUT2D eigenvalue weighted by atomic mass is 16.5. The second-order valence-electron chi connectivity index (χ2n) is 5.97. The standard InChI is InChI=1S/C18H26N2O/c1-20(17-9-4-2-3-5-10-17)12-7-13-21-18-11-6-8-16(14-18)15-19/h6,8,11,14,17H,2-5,7,9-10,12-13H2,1H3. The third kappa shape index (κ3) is 5.40. The van der Waals surface area contributed by atoms with Crippen LogP contribution < -0.4 is 4.74 Å². The molecule has 21 heavy (non-hydrogen) atoms. The number of nitriles is 1. The Hall–Kier alpha value is -1.53. The molecule has 0 aliphatic heterocycles. The molecule has 3 nitrogen and oxygen atoms in total. The van der Waals surface area contributed by atoms with Crippen molar-refractivity contribution in [2.24, 2.45) is 0 Å². The molecule has 0 atom stereocenters. The summed E-state index contributed by atoms with van der Waals surface area (Å²) in [5.41, 5.74) is 0.656. The van der Waals surface area contributed by atoms with Gasteiger partial charge in [-0.3, -0.25) is 0 Å². The van der Waals surface area contributed by atoms with E-state index in [0.29, 0.717) is 12.2 Å². The Morgan fingerprint density at radius 1 is 1.24 bits per heavy atom. The van der Waals surface area contributed by atoms with Crippen LogP contribution in [0.15, 0.2) is 24.3 Å². The summed E-state index contributed by atoms with van der Waals surface area (Å²) in [5.74, 6) is 0.797. The van der Waals surface area contributed by atoms with Crippen molar-refractivity contribution in [3.63, 3.8) is 0 Å². The normalized spacial score (nSPS) is 16.4. The molecule has 0 amide bonds. The largest absolute Gasteiger partial charge is 0.494 e. The Morgan fingerprint density at radius 2 is 2.00 bits per heavy atom. The summed E-state index contributed by atoms with van der Waals surface area (Å²) in [4.78, 5) is 2.50. The summed E-state index contributed by atoms with van der Waals surface area (Å²) in [7, 11) is 2.24. The average molecular weight is 286 g/mol. The number of hydrogen-bond donors (Lipinski definition) is 0. The van der Waals surface area contributed by atoms with E-state index >= 15 is 0 Å². The van der Waals surface area contributed by atoms with Gasteiger partial charge in [-0.15, -0.1) is 0 Å². The van der Waals surface area contributed by atoms with Crippen LogP contribution in [0.2, 0.25) is 0 Å². The van der Waals surface area contributed by atoms with Crippen molar-refractivity contribution in [1.82, 2.24) is 4.90 Å². The third-order valence-corrected chi connectivity index (χ3v) is 4.34. The molecule has 1 fully saturated rings. The molecule has 0 unspecified atom stereocenters. The van der Waals surface area contributed by atoms with E-state index < -0.39 is 0 Å². The van der Waals surface area contributed by atoms with Gasteiger partial charge in [-0.1, -0.05) is 31.7 Å². The molecular weight excluding hydrogens is 260 g/mol. The Balaban J connectivity index is 1.67. The van der Waals surface area contributed by atoms with Crippen molar-refractivity contribution >= 4 is 0 Å². The van der Waals surface area contributed by atoms with Gasteiger partial charge in [0.25, 0.3) is 0 Å². The van der Waals surface area contributed by atoms with Crippen LogP contribution in [0.3, 0.4) is 0 Å². The van der Waals surface area contributed by atoms with E-state index in [1.807, 2.05) is 12.1 Å². The lowest BCUT2D eigenvalue weighted by molar-refractivity contribution is 0.199. The first-order valence-corrected chi connectivity index (χ1v) is 8.13. The molecule has 1 aromatic rings. The van der Waals surface area contributed by atoms with Gasteiger partial charge in [-0.05, 0) is 44.5 Å². The molecule has 1 aromatic carbocycles. The second kappa shape index (κ2) is 8.69. The van der Waals surface area contributed by atoms with E-state index in [0.717, 1.165) is 24.8 Å². The Labute approximate surface area is 128 Å². The summed E-state index contributed by atoms with van der Waals surface area (Å²) >= 11 is 0. The first-order chi connectivity index (χ1) is 10.3. The van der Waals surface area contributed by atoms with Crippen LogP contribution >= 0.6 is 0 Å². The SMILES string of the molecule is CN(CCCOc1cccc(C#N)c1)C1CCCCCC1. The molecule has 1 aliphatic rings. The van der Waals surface area contributed by atoms with Gasteiger partial charge in [-0.25, -0.2) is 0 Å². The van der Waals surface area contributed by atoms with E-state index in [4.69, 9.17) is 10.00 Å². The highest BCUT2D eigenvalue weighted by Crippen LogP contribution is 2.21. The molecule has 0 bridgehead atoms. The van der Waals surface area contributed by atoms with Gasteiger partial charge in [0.1, 0.15) is 5.75 Å². The molecule has 0 saturated heterocycles. The lowest BCUT2D eigenvalue weighted by atomic mass is 10.1. The Morgan fingerprint density at radius 3 is 2.71 bits per heavy atom. The van der Waals surface area contributed by atoms with Gasteiger partial charge in [-0.2, -0.15) is 5.26 Å². The summed E-state index contributed by atoms with van der Waals surface area (Å²) in [6, 6.07) is 10.3. The van der Waals surface area contributed by atoms with Crippen molar-refractivity contribution < 1.29 is 4.74 Å². The number of hydrogen-bond acceptors (Lipinski definition) is 3. The zero-order chi connectivity index (χ0) is 14.9. The first kappa shape index (κ1) is 15.9. The van der Waals surface area contributed by atoms with Crippen molar-refractivity contribution in [3.8, 4) is 11.8 Å². The zero-order valence-corrected chi connectivity index (χ0v) is 13.1. The summed E-state index contributed by atoms with van der Waals surface area (Å²) in [5, 5.41) is 8.86. The maximum atomic E-state index is 8.86. The summed E-state index contributed by atoms with van der Waals surface area (Å²) in [6.45, 7) is 1.80. The number of ether oxygens (including phenoxy) is 1. The third-order valence-electron chi connectivity index (χ3n) is 4.34. The van der Waals surface area contributed by atoms with Crippen LogP contribution in [0.1, 0.15) is 50.5 Å². The second-order valence-corrected chi connectivity index (χ2v) is 5.97. The minimum Gasteiger partial charge on any atom is -0.494 e. The van der Waals surface area contributed by atoms with Crippen LogP contribution in [0.25, 0.3) is 0 Å². The van der Waals surface area contributed by atoms with Crippen LogP contribution in [0, 0.1) is 11.3 Å². The maximum absolute atomic E-state index is 8.86. The highest BCUT2D eigenvalue weighted by molar-refractivity contribution is 5.36. The summed E-state index contributed by atoms with van der Waals surface area (Å²) in [6.07, 6.45) is 9.30. The van der Waals surface area contributed by atoms with Gasteiger partial charge < -0.3 is 9.64 Å². The van der Waals surface area contributed by atoms with Crippen molar-refractivity contribution in [2.45, 2.75) is 51.0 Å². The lowest BCUT2D eigenvalue weighted by Gasteiger charge is -2.26. The smallest absolute Gasteiger partial charge is 0.120 e. The molecule has 0 spiro atoms. The highest BCUT2D eigenvalue weighted by Gasteiger charge is 2.16. The molecule has 0 radical (unpaired) electrons. The first-order valence-electron chi connectivity index (χ1n) is 8.13. The van der Waals surface area contributed by atoms with Crippen LogP contribution in [0.5, 0.6) is 5.75 Å². The van der Waals surface area contributed by atoms with Gasteiger partial charge in [0, 0.05) is 12.6 Å². The van der Waals surface area contributed by atoms with Gasteiger partial charge in [0.15, 0.2) is 0 Å². The molecule has 0 N–H and O–H groups in total. The minimum atomic E-state index is 0.656. The molecular formula is C18H26N2O. The maximum Gasteiger partial charge on any atom is 0.120 e. The number of benzene rings is 1. The lowest BCUT2D eigenvalue weighted by Crippen LogP contribution is -2.32. The molecule has 2 rings (SSSR count). The molecule has 114 valence electrons. The van der Waals surface area contributed by atoms with Crippen molar-refractivity contribution in [2.75, 3.05) is 20.2 Å². The fourth-order valence-corrected chi connectivity index (χ4v) is 3.04. The minimum absolute atomic E-state index is 0.656. The molecule has 0 aromatic heterocycles. The molecule has 3 heteroatoms. The van der Waals surface area contributed by atoms with E-state index in [1.54, 1.807) is 12.1 Å². The number of rotatable bonds is 6. The van der Waals surface area contributed by atoms with E-state index in [-0.39, 0.29) is 0 Å². The molecule has 1 saturated carbocycles. The monoisotopic (exact) mass is 286 g/mol. The molecule has 1 aliphatic carbocycles. The fourth-order valence-electron chi connectivity index (χ4n) is 3.04. The fraction of sp³-hybridized carbons (Fsp3) is 0.611. The Kier molecular flexibility index (Phi) is 6.56. The van der Waals surface area contributed by atoms with E-state index in [1.165, 1.54) is 38.5 Å². The van der Waals surface area contributed by atoms with Crippen molar-refractivity contribution in [1.29, 1.82) is 5.26 Å². The van der Waals surface area contributed by atoms with E-state index in [2.05, 4.69) is 18.0 Å². The average Bonchev–Trinajstić information content (AvgIpc) is 2.81. The van der Waals surface area contributed by atoms with Crippen LogP contribution in [0.4, 0.5) is 0 Å². The van der Waals surface area contributed by atoms with Gasteiger partial charge >= 0.3 is 0 Å².